The molecular weight excluding hydrogens is 216 g/mol. The van der Waals surface area contributed by atoms with Crippen molar-refractivity contribution >= 4 is 28.2 Å². The third kappa shape index (κ3) is 1.20. The lowest BCUT2D eigenvalue weighted by Gasteiger charge is -2.03. The molecule has 3 rings (SSSR count). The first-order valence-electron chi connectivity index (χ1n) is 4.47. The fourth-order valence-corrected chi connectivity index (χ4v) is 1.96. The van der Waals surface area contributed by atoms with Gasteiger partial charge in [0.2, 0.25) is 0 Å². The van der Waals surface area contributed by atoms with E-state index in [0.29, 0.717) is 10.7 Å². The molecule has 0 spiro atoms. The van der Waals surface area contributed by atoms with E-state index in [-0.39, 0.29) is 5.82 Å². The predicted molar refractivity (Wildman–Crippen MR) is 57.7 cm³/mol. The van der Waals surface area contributed by atoms with E-state index >= 15 is 0 Å². The molecule has 0 amide bonds. The Hall–Kier alpha value is -1.61. The van der Waals surface area contributed by atoms with Gasteiger partial charge in [0.15, 0.2) is 5.15 Å². The molecule has 2 aromatic heterocycles. The molecule has 0 aliphatic rings. The molecule has 0 saturated carbocycles. The third-order valence-corrected chi connectivity index (χ3v) is 2.65. The van der Waals surface area contributed by atoms with Gasteiger partial charge in [-0.15, -0.1) is 0 Å². The lowest BCUT2D eigenvalue weighted by Crippen LogP contribution is -1.91. The Balaban J connectivity index is 2.60. The topological polar surface area (TPSA) is 17.3 Å². The monoisotopic (exact) mass is 221 g/mol. The van der Waals surface area contributed by atoms with Crippen LogP contribution in [0.1, 0.15) is 0 Å². The summed E-state index contributed by atoms with van der Waals surface area (Å²) in [6, 6.07) is 8.24. The number of nitrogens with zero attached hydrogens (tertiary/aromatic N) is 2. The van der Waals surface area contributed by atoms with Gasteiger partial charge >= 0.3 is 0 Å². The second kappa shape index (κ2) is 2.94. The molecule has 15 heavy (non-hydrogen) atoms. The van der Waals surface area contributed by atoms with Gasteiger partial charge in [-0.1, -0.05) is 11.6 Å². The molecule has 4 heteroatoms. The van der Waals surface area contributed by atoms with Crippen LogP contribution in [0.5, 0.6) is 0 Å². The number of hydrogen-bond acceptors (Lipinski definition) is 1. The zero-order chi connectivity index (χ0) is 10.4. The first kappa shape index (κ1) is 8.68. The highest BCUT2D eigenvalue weighted by Gasteiger charge is 2.06. The Morgan fingerprint density at radius 1 is 1.20 bits per heavy atom. The summed E-state index contributed by atoms with van der Waals surface area (Å²) < 4.78 is 14.9. The Morgan fingerprint density at radius 3 is 2.93 bits per heavy atom. The van der Waals surface area contributed by atoms with Crippen LogP contribution in [-0.2, 0) is 0 Å². The van der Waals surface area contributed by atoms with Gasteiger partial charge < -0.3 is 4.40 Å². The number of hydrogen-bond donors (Lipinski definition) is 0. The van der Waals surface area contributed by atoms with E-state index in [2.05, 4.69) is 4.98 Å². The zero-order valence-electron chi connectivity index (χ0n) is 7.61. The van der Waals surface area contributed by atoms with E-state index in [9.17, 15) is 4.39 Å². The Morgan fingerprint density at radius 2 is 2.07 bits per heavy atom. The maximum absolute atomic E-state index is 13.0. The van der Waals surface area contributed by atoms with Gasteiger partial charge in [-0.2, -0.15) is 0 Å². The van der Waals surface area contributed by atoms with Crippen molar-refractivity contribution in [2.45, 2.75) is 0 Å². The van der Waals surface area contributed by atoms with Crippen molar-refractivity contribution in [2.24, 2.45) is 0 Å². The van der Waals surface area contributed by atoms with Crippen molar-refractivity contribution in [3.05, 3.63) is 47.5 Å². The SMILES string of the molecule is Fc1ccc2c(c1)nc(Cl)[13c]1cccn21. The predicted octanol–water partition coefficient (Wildman–Crippen LogP) is 3.28. The lowest BCUT2D eigenvalue weighted by molar-refractivity contribution is 0.629. The third-order valence-electron chi connectivity index (χ3n) is 2.38. The Kier molecular flexibility index (Phi) is 1.70. The molecule has 0 unspecified atom stereocenters. The largest absolute Gasteiger partial charge is 0.312 e. The van der Waals surface area contributed by atoms with Crippen LogP contribution < -0.4 is 0 Å². The fraction of sp³-hybridized carbons (Fsp3) is 0. The van der Waals surface area contributed by atoms with Gasteiger partial charge in [0.1, 0.15) is 5.82 Å². The average Bonchev–Trinajstić information content (AvgIpc) is 2.66. The maximum Gasteiger partial charge on any atom is 0.153 e. The number of aromatic nitrogens is 2. The van der Waals surface area contributed by atoms with Gasteiger partial charge in [0.25, 0.3) is 0 Å². The number of benzene rings is 1. The Bertz CT molecular complexity index is 660. The van der Waals surface area contributed by atoms with Crippen molar-refractivity contribution in [1.82, 2.24) is 9.38 Å². The van der Waals surface area contributed by atoms with E-state index in [0.717, 1.165) is 11.0 Å². The van der Waals surface area contributed by atoms with Crippen molar-refractivity contribution in [1.29, 1.82) is 0 Å². The van der Waals surface area contributed by atoms with Gasteiger partial charge in [-0.05, 0) is 24.3 Å². The molecule has 0 atom stereocenters. The minimum atomic E-state index is -0.308. The molecule has 0 aliphatic carbocycles. The van der Waals surface area contributed by atoms with Crippen LogP contribution in [0.15, 0.2) is 36.5 Å². The molecule has 0 aliphatic heterocycles. The lowest BCUT2D eigenvalue weighted by atomic mass is 10.3. The van der Waals surface area contributed by atoms with Crippen LogP contribution in [0.3, 0.4) is 0 Å². The first-order chi connectivity index (χ1) is 7.25. The smallest absolute Gasteiger partial charge is 0.153 e. The van der Waals surface area contributed by atoms with Crippen LogP contribution in [-0.4, -0.2) is 9.38 Å². The van der Waals surface area contributed by atoms with Crippen LogP contribution in [0.4, 0.5) is 4.39 Å². The highest BCUT2D eigenvalue weighted by Crippen LogP contribution is 2.22. The summed E-state index contributed by atoms with van der Waals surface area (Å²) in [6.45, 7) is 0. The maximum atomic E-state index is 13.0. The molecule has 2 nitrogen and oxygen atoms in total. The number of rotatable bonds is 0. The highest BCUT2D eigenvalue weighted by atomic mass is 35.5. The average molecular weight is 222 g/mol. The summed E-state index contributed by atoms with van der Waals surface area (Å²) in [5.74, 6) is -0.308. The van der Waals surface area contributed by atoms with E-state index in [1.165, 1.54) is 12.1 Å². The molecule has 3 aromatic rings. The highest BCUT2D eigenvalue weighted by molar-refractivity contribution is 6.33. The molecule has 2 heterocycles. The van der Waals surface area contributed by atoms with Crippen molar-refractivity contribution < 1.29 is 4.39 Å². The Labute approximate surface area is 89.9 Å². The molecular formula is C11H6ClFN2. The van der Waals surface area contributed by atoms with Crippen molar-refractivity contribution in [3.8, 4) is 0 Å². The summed E-state index contributed by atoms with van der Waals surface area (Å²) in [5.41, 5.74) is 2.24. The van der Waals surface area contributed by atoms with Crippen LogP contribution >= 0.6 is 11.6 Å². The second-order valence-corrected chi connectivity index (χ2v) is 3.66. The molecule has 1 aromatic carbocycles. The molecule has 0 radical (unpaired) electrons. The van der Waals surface area contributed by atoms with E-state index in [4.69, 9.17) is 11.6 Å². The minimum absolute atomic E-state index is 0.308. The van der Waals surface area contributed by atoms with Crippen LogP contribution in [0, 0.1) is 5.82 Å². The molecule has 74 valence electrons. The second-order valence-electron chi connectivity index (χ2n) is 3.30. The minimum Gasteiger partial charge on any atom is -0.312 e. The molecule has 0 fully saturated rings. The normalized spacial score (nSPS) is 11.3. The molecule has 0 saturated heterocycles. The summed E-state index contributed by atoms with van der Waals surface area (Å²) in [6.07, 6.45) is 1.88. The molecule has 0 bridgehead atoms. The first-order valence-corrected chi connectivity index (χ1v) is 4.85. The van der Waals surface area contributed by atoms with Gasteiger partial charge in [-0.3, -0.25) is 0 Å². The summed E-state index contributed by atoms with van der Waals surface area (Å²) >= 11 is 5.98. The zero-order valence-corrected chi connectivity index (χ0v) is 8.37. The van der Waals surface area contributed by atoms with Gasteiger partial charge in [0, 0.05) is 12.3 Å². The summed E-state index contributed by atoms with van der Waals surface area (Å²) in [7, 11) is 0. The van der Waals surface area contributed by atoms with Gasteiger partial charge in [-0.25, -0.2) is 9.37 Å². The fourth-order valence-electron chi connectivity index (χ4n) is 1.71. The van der Waals surface area contributed by atoms with Gasteiger partial charge in [0.05, 0.1) is 16.6 Å². The van der Waals surface area contributed by atoms with Crippen LogP contribution in [0.2, 0.25) is 5.15 Å². The number of fused-ring (bicyclic) bond motifs is 3. The summed E-state index contributed by atoms with van der Waals surface area (Å²) in [5, 5.41) is 0.387. The summed E-state index contributed by atoms with van der Waals surface area (Å²) in [4.78, 5) is 4.14. The number of halogens is 2. The van der Waals surface area contributed by atoms with Crippen LogP contribution in [0.25, 0.3) is 16.6 Å². The van der Waals surface area contributed by atoms with E-state index in [1.54, 1.807) is 6.07 Å². The molecule has 0 N–H and O–H groups in total. The van der Waals surface area contributed by atoms with Crippen molar-refractivity contribution in [2.75, 3.05) is 0 Å². The van der Waals surface area contributed by atoms with E-state index < -0.39 is 0 Å². The standard InChI is InChI=1S/C11H6ClFN2/c12-11-10-2-1-5-15(10)9-4-3-7(13)6-8(9)14-11/h1-6H/i10+1. The quantitative estimate of drug-likeness (QED) is 0.570. The van der Waals surface area contributed by atoms with Crippen molar-refractivity contribution in [3.63, 3.8) is 0 Å². The van der Waals surface area contributed by atoms with E-state index in [1.807, 2.05) is 22.7 Å².